The normalized spacial score (nSPS) is 17.2. The molecule has 1 aromatic heterocycles. The lowest BCUT2D eigenvalue weighted by Gasteiger charge is -2.15. The van der Waals surface area contributed by atoms with E-state index in [1.165, 1.54) is 25.7 Å². The highest BCUT2D eigenvalue weighted by atomic mass is 16.5. The van der Waals surface area contributed by atoms with Crippen molar-refractivity contribution in [1.82, 2.24) is 15.1 Å². The quantitative estimate of drug-likeness (QED) is 0.628. The number of aryl methyl sites for hydroxylation is 1. The van der Waals surface area contributed by atoms with Crippen LogP contribution in [0.2, 0.25) is 0 Å². The Morgan fingerprint density at radius 2 is 1.75 bits per heavy atom. The predicted molar refractivity (Wildman–Crippen MR) is 113 cm³/mol. The van der Waals surface area contributed by atoms with Crippen molar-refractivity contribution in [2.45, 2.75) is 51.3 Å². The van der Waals surface area contributed by atoms with E-state index in [2.05, 4.69) is 52.6 Å². The summed E-state index contributed by atoms with van der Waals surface area (Å²) in [4.78, 5) is 0. The molecule has 0 saturated carbocycles. The molecule has 146 valence electrons. The van der Waals surface area contributed by atoms with Gasteiger partial charge in [0.05, 0.1) is 5.56 Å². The number of benzene rings is 2. The van der Waals surface area contributed by atoms with E-state index in [4.69, 9.17) is 9.84 Å². The van der Waals surface area contributed by atoms with E-state index in [0.717, 1.165) is 36.2 Å². The molecule has 1 fully saturated rings. The number of ether oxygens (including phenoxy) is 1. The van der Waals surface area contributed by atoms with Crippen LogP contribution in [0.1, 0.15) is 37.7 Å². The van der Waals surface area contributed by atoms with E-state index >= 15 is 0 Å². The van der Waals surface area contributed by atoms with E-state index in [-0.39, 0.29) is 0 Å². The number of aromatic nitrogens is 2. The molecule has 4 nitrogen and oxygen atoms in total. The van der Waals surface area contributed by atoms with Crippen molar-refractivity contribution in [3.8, 4) is 17.0 Å². The molecular weight excluding hydrogens is 346 g/mol. The van der Waals surface area contributed by atoms with Crippen molar-refractivity contribution in [3.63, 3.8) is 0 Å². The van der Waals surface area contributed by atoms with Gasteiger partial charge in [-0.05, 0) is 36.9 Å². The third-order valence-corrected chi connectivity index (χ3v) is 5.40. The van der Waals surface area contributed by atoms with Gasteiger partial charge in [-0.2, -0.15) is 0 Å². The molecule has 1 aliphatic rings. The fourth-order valence-corrected chi connectivity index (χ4v) is 3.80. The Balaban J connectivity index is 1.48. The van der Waals surface area contributed by atoms with E-state index in [1.54, 1.807) is 0 Å². The molecule has 0 spiro atoms. The zero-order chi connectivity index (χ0) is 19.0. The Bertz CT molecular complexity index is 837. The van der Waals surface area contributed by atoms with Gasteiger partial charge < -0.3 is 10.1 Å². The summed E-state index contributed by atoms with van der Waals surface area (Å²) in [5.41, 5.74) is 3.36. The van der Waals surface area contributed by atoms with Crippen molar-refractivity contribution >= 4 is 0 Å². The lowest BCUT2D eigenvalue weighted by Crippen LogP contribution is -2.29. The van der Waals surface area contributed by atoms with Crippen LogP contribution in [0.15, 0.2) is 66.9 Å². The Hall–Kier alpha value is -2.59. The fraction of sp³-hybridized carbons (Fsp3) is 0.375. The van der Waals surface area contributed by atoms with E-state index in [0.29, 0.717) is 18.5 Å². The predicted octanol–water partition coefficient (Wildman–Crippen LogP) is 5.05. The van der Waals surface area contributed by atoms with Gasteiger partial charge in [-0.3, -0.25) is 4.68 Å². The van der Waals surface area contributed by atoms with E-state index in [1.807, 2.05) is 24.3 Å². The molecule has 1 N–H and O–H groups in total. The van der Waals surface area contributed by atoms with Gasteiger partial charge in [-0.1, -0.05) is 73.5 Å². The Kier molecular flexibility index (Phi) is 6.40. The number of hydrogen-bond acceptors (Lipinski definition) is 3. The largest absolute Gasteiger partial charge is 0.471 e. The highest BCUT2D eigenvalue weighted by Crippen LogP contribution is 2.29. The average molecular weight is 376 g/mol. The number of hydrogen-bond donors (Lipinski definition) is 1. The van der Waals surface area contributed by atoms with Gasteiger partial charge in [-0.15, -0.1) is 5.10 Å². The summed E-state index contributed by atoms with van der Waals surface area (Å²) in [6.45, 7) is 2.58. The van der Waals surface area contributed by atoms with Gasteiger partial charge >= 0.3 is 0 Å². The van der Waals surface area contributed by atoms with Gasteiger partial charge in [0.2, 0.25) is 5.88 Å². The van der Waals surface area contributed by atoms with Crippen LogP contribution in [0.5, 0.6) is 5.88 Å². The first-order valence-corrected chi connectivity index (χ1v) is 10.4. The lowest BCUT2D eigenvalue weighted by atomic mass is 10.1. The van der Waals surface area contributed by atoms with Gasteiger partial charge in [0.15, 0.2) is 0 Å². The van der Waals surface area contributed by atoms with Crippen LogP contribution in [-0.2, 0) is 13.2 Å². The fourth-order valence-electron chi connectivity index (χ4n) is 3.80. The van der Waals surface area contributed by atoms with Crippen LogP contribution in [0.25, 0.3) is 11.1 Å². The van der Waals surface area contributed by atoms with Crippen molar-refractivity contribution < 1.29 is 4.74 Å². The van der Waals surface area contributed by atoms with E-state index in [9.17, 15) is 0 Å². The first kappa shape index (κ1) is 18.8. The molecule has 28 heavy (non-hydrogen) atoms. The molecule has 0 aliphatic carbocycles. The summed E-state index contributed by atoms with van der Waals surface area (Å²) >= 11 is 0. The number of rotatable bonds is 7. The maximum Gasteiger partial charge on any atom is 0.241 e. The molecular formula is C24H29N3O. The van der Waals surface area contributed by atoms with Gasteiger partial charge in [-0.25, -0.2) is 0 Å². The second-order valence-electron chi connectivity index (χ2n) is 7.54. The summed E-state index contributed by atoms with van der Waals surface area (Å²) in [7, 11) is 0. The molecule has 4 rings (SSSR count). The highest BCUT2D eigenvalue weighted by Gasteiger charge is 2.15. The third kappa shape index (κ3) is 5.02. The molecule has 0 amide bonds. The summed E-state index contributed by atoms with van der Waals surface area (Å²) in [5.74, 6) is 0.712. The maximum atomic E-state index is 6.12. The average Bonchev–Trinajstić information content (AvgIpc) is 2.98. The highest BCUT2D eigenvalue weighted by molar-refractivity contribution is 5.67. The van der Waals surface area contributed by atoms with Crippen molar-refractivity contribution in [2.24, 2.45) is 0 Å². The van der Waals surface area contributed by atoms with Crippen molar-refractivity contribution in [2.75, 3.05) is 6.54 Å². The van der Waals surface area contributed by atoms with Gasteiger partial charge in [0.1, 0.15) is 6.61 Å². The van der Waals surface area contributed by atoms with Crippen LogP contribution in [-0.4, -0.2) is 22.4 Å². The van der Waals surface area contributed by atoms with Gasteiger partial charge in [0, 0.05) is 18.8 Å². The third-order valence-electron chi connectivity index (χ3n) is 5.40. The molecule has 2 heterocycles. The van der Waals surface area contributed by atoms with Crippen molar-refractivity contribution in [3.05, 3.63) is 72.4 Å². The molecule has 4 heteroatoms. The minimum atomic E-state index is 0.530. The number of nitrogens with zero attached hydrogens (tertiary/aromatic N) is 2. The molecule has 1 unspecified atom stereocenters. The monoisotopic (exact) mass is 375 g/mol. The van der Waals surface area contributed by atoms with Crippen LogP contribution < -0.4 is 10.1 Å². The Morgan fingerprint density at radius 3 is 2.57 bits per heavy atom. The molecule has 1 saturated heterocycles. The van der Waals surface area contributed by atoms with Crippen LogP contribution in [0, 0.1) is 0 Å². The zero-order valence-corrected chi connectivity index (χ0v) is 16.4. The lowest BCUT2D eigenvalue weighted by molar-refractivity contribution is 0.289. The first-order valence-electron chi connectivity index (χ1n) is 10.4. The second-order valence-corrected chi connectivity index (χ2v) is 7.54. The first-order chi connectivity index (χ1) is 13.9. The topological polar surface area (TPSA) is 39.1 Å². The minimum absolute atomic E-state index is 0.530. The molecule has 3 aromatic rings. The van der Waals surface area contributed by atoms with Crippen LogP contribution >= 0.6 is 0 Å². The SMILES string of the molecule is c1ccc(COc2nn(CCC3CCCCCN3)cc2-c2ccccc2)cc1. The minimum Gasteiger partial charge on any atom is -0.471 e. The summed E-state index contributed by atoms with van der Waals surface area (Å²) < 4.78 is 8.17. The molecule has 1 aliphatic heterocycles. The maximum absolute atomic E-state index is 6.12. The zero-order valence-electron chi connectivity index (χ0n) is 16.4. The van der Waals surface area contributed by atoms with Gasteiger partial charge in [0.25, 0.3) is 0 Å². The molecule has 0 radical (unpaired) electrons. The Morgan fingerprint density at radius 1 is 0.964 bits per heavy atom. The molecule has 1 atom stereocenters. The molecule has 0 bridgehead atoms. The standard InChI is InChI=1S/C24H29N3O/c1-4-10-20(11-5-1)19-28-24-23(21-12-6-2-7-13-21)18-27(26-24)17-15-22-14-8-3-9-16-25-22/h1-2,4-7,10-13,18,22,25H,3,8-9,14-17,19H2. The molecule has 2 aromatic carbocycles. The summed E-state index contributed by atoms with van der Waals surface area (Å²) in [6, 6.07) is 21.2. The van der Waals surface area contributed by atoms with E-state index < -0.39 is 0 Å². The van der Waals surface area contributed by atoms with Crippen molar-refractivity contribution in [1.29, 1.82) is 0 Å². The Labute approximate surface area is 167 Å². The smallest absolute Gasteiger partial charge is 0.241 e. The second kappa shape index (κ2) is 9.56. The van der Waals surface area contributed by atoms with Crippen LogP contribution in [0.3, 0.4) is 0 Å². The van der Waals surface area contributed by atoms with Crippen LogP contribution in [0.4, 0.5) is 0 Å². The summed E-state index contributed by atoms with van der Waals surface area (Å²) in [6.07, 6.45) is 8.48. The summed E-state index contributed by atoms with van der Waals surface area (Å²) in [5, 5.41) is 8.46. The number of nitrogens with one attached hydrogen (secondary N) is 1.